The van der Waals surface area contributed by atoms with E-state index in [9.17, 15) is 14.4 Å². The Morgan fingerprint density at radius 1 is 0.943 bits per heavy atom. The van der Waals surface area contributed by atoms with Crippen LogP contribution in [-0.4, -0.2) is 73.9 Å². The predicted molar refractivity (Wildman–Crippen MR) is 130 cm³/mol. The molecule has 0 N–H and O–H groups in total. The molecule has 8 heteroatoms. The number of fused-ring (bicyclic) bond motifs is 2. The van der Waals surface area contributed by atoms with Gasteiger partial charge in [0.1, 0.15) is 6.04 Å². The van der Waals surface area contributed by atoms with Crippen LogP contribution in [0.4, 0.5) is 0 Å². The molecule has 2 aromatic rings. The van der Waals surface area contributed by atoms with Crippen LogP contribution >= 0.6 is 0 Å². The number of hydrogen-bond acceptors (Lipinski definition) is 6. The van der Waals surface area contributed by atoms with Crippen molar-refractivity contribution in [2.24, 2.45) is 0 Å². The van der Waals surface area contributed by atoms with Gasteiger partial charge >= 0.3 is 0 Å². The zero-order valence-electron chi connectivity index (χ0n) is 20.5. The lowest BCUT2D eigenvalue weighted by molar-refractivity contribution is -0.149. The third-order valence-electron chi connectivity index (χ3n) is 6.87. The van der Waals surface area contributed by atoms with Crippen molar-refractivity contribution in [3.8, 4) is 17.2 Å². The second kappa shape index (κ2) is 10.8. The minimum atomic E-state index is -0.690. The van der Waals surface area contributed by atoms with Crippen LogP contribution < -0.4 is 14.2 Å². The normalized spacial score (nSPS) is 19.0. The van der Waals surface area contributed by atoms with Crippen molar-refractivity contribution >= 4 is 17.6 Å². The number of nitrogens with zero attached hydrogens (tertiary/aromatic N) is 2. The topological polar surface area (TPSA) is 85.4 Å². The monoisotopic (exact) mass is 480 g/mol. The number of ketones is 1. The van der Waals surface area contributed by atoms with E-state index in [-0.39, 0.29) is 17.5 Å². The summed E-state index contributed by atoms with van der Waals surface area (Å²) in [6.07, 6.45) is 4.16. The lowest BCUT2D eigenvalue weighted by Crippen LogP contribution is -2.60. The highest BCUT2D eigenvalue weighted by Gasteiger charge is 2.49. The molecular formula is C27H32N2O6. The molecule has 0 saturated carbocycles. The third kappa shape index (κ3) is 4.97. The molecule has 0 radical (unpaired) electrons. The first-order chi connectivity index (χ1) is 17.0. The number of unbranched alkanes of at least 4 members (excludes halogenated alkanes) is 1. The lowest BCUT2D eigenvalue weighted by atomic mass is 10.0. The summed E-state index contributed by atoms with van der Waals surface area (Å²) < 4.78 is 15.9. The highest BCUT2D eigenvalue weighted by atomic mass is 16.5. The number of amides is 2. The van der Waals surface area contributed by atoms with Crippen molar-refractivity contribution in [2.75, 3.05) is 34.4 Å². The third-order valence-corrected chi connectivity index (χ3v) is 6.87. The van der Waals surface area contributed by atoms with E-state index in [1.807, 2.05) is 23.1 Å². The molecule has 2 atom stereocenters. The number of ether oxygens (including phenoxy) is 3. The molecule has 4 rings (SSSR count). The van der Waals surface area contributed by atoms with Crippen LogP contribution in [-0.2, 0) is 16.0 Å². The molecule has 2 aromatic carbocycles. The zero-order chi connectivity index (χ0) is 24.9. The molecule has 0 aliphatic carbocycles. The fourth-order valence-electron chi connectivity index (χ4n) is 5.10. The Labute approximate surface area is 205 Å². The van der Waals surface area contributed by atoms with E-state index >= 15 is 0 Å². The Morgan fingerprint density at radius 2 is 1.63 bits per heavy atom. The number of rotatable bonds is 10. The fourth-order valence-corrected chi connectivity index (χ4v) is 5.10. The van der Waals surface area contributed by atoms with Crippen LogP contribution in [0.25, 0.3) is 0 Å². The summed E-state index contributed by atoms with van der Waals surface area (Å²) in [5.74, 6) is -0.488. The summed E-state index contributed by atoms with van der Waals surface area (Å²) in [7, 11) is 4.37. The van der Waals surface area contributed by atoms with Crippen molar-refractivity contribution in [2.45, 2.75) is 44.2 Å². The van der Waals surface area contributed by atoms with E-state index in [2.05, 4.69) is 12.1 Å². The molecule has 186 valence electrons. The molecule has 2 bridgehead atoms. The highest BCUT2D eigenvalue weighted by molar-refractivity contribution is 6.43. The van der Waals surface area contributed by atoms with Crippen LogP contribution in [0, 0.1) is 0 Å². The number of likely N-dealkylation sites (tertiary alicyclic amines) is 1. The largest absolute Gasteiger partial charge is 0.493 e. The molecule has 2 amide bonds. The number of carbonyl (C=O) groups excluding carboxylic acids is 3. The Kier molecular flexibility index (Phi) is 7.58. The van der Waals surface area contributed by atoms with Crippen LogP contribution in [0.2, 0.25) is 0 Å². The maximum Gasteiger partial charge on any atom is 0.295 e. The van der Waals surface area contributed by atoms with Gasteiger partial charge in [-0.05, 0) is 49.8 Å². The summed E-state index contributed by atoms with van der Waals surface area (Å²) in [5, 5.41) is 0. The molecule has 2 heterocycles. The minimum Gasteiger partial charge on any atom is -0.493 e. The van der Waals surface area contributed by atoms with Crippen molar-refractivity contribution < 1.29 is 28.6 Å². The molecule has 0 aromatic heterocycles. The Balaban J connectivity index is 1.41. The van der Waals surface area contributed by atoms with Gasteiger partial charge in [0.15, 0.2) is 11.5 Å². The summed E-state index contributed by atoms with van der Waals surface area (Å²) in [6.45, 7) is 1.14. The molecule has 8 nitrogen and oxygen atoms in total. The molecule has 2 fully saturated rings. The SMILES string of the molecule is COc1cc(C(=O)C(=O)N2[C@@H]3CC[C@H]2C(=O)N(CCCCc2ccccc2)C3)cc(OC)c1OC. The number of Topliss-reactive ketones (excluding diaryl/α,β-unsaturated/α-hetero) is 1. The second-order valence-corrected chi connectivity index (χ2v) is 8.93. The van der Waals surface area contributed by atoms with Gasteiger partial charge in [0.25, 0.3) is 11.7 Å². The Morgan fingerprint density at radius 3 is 2.26 bits per heavy atom. The number of hydrogen-bond donors (Lipinski definition) is 0. The maximum absolute atomic E-state index is 13.3. The first-order valence-electron chi connectivity index (χ1n) is 12.0. The van der Waals surface area contributed by atoms with Gasteiger partial charge in [-0.3, -0.25) is 14.4 Å². The van der Waals surface area contributed by atoms with Gasteiger partial charge in [-0.15, -0.1) is 0 Å². The molecule has 35 heavy (non-hydrogen) atoms. The van der Waals surface area contributed by atoms with Crippen LogP contribution in [0.15, 0.2) is 42.5 Å². The van der Waals surface area contributed by atoms with Gasteiger partial charge in [0.05, 0.1) is 27.4 Å². The van der Waals surface area contributed by atoms with E-state index in [0.717, 1.165) is 19.3 Å². The lowest BCUT2D eigenvalue weighted by Gasteiger charge is -2.40. The molecule has 0 spiro atoms. The van der Waals surface area contributed by atoms with Gasteiger partial charge in [-0.2, -0.15) is 0 Å². The van der Waals surface area contributed by atoms with Gasteiger partial charge in [0, 0.05) is 18.7 Å². The van der Waals surface area contributed by atoms with E-state index < -0.39 is 17.7 Å². The molecular weight excluding hydrogens is 448 g/mol. The van der Waals surface area contributed by atoms with Crippen molar-refractivity contribution in [3.63, 3.8) is 0 Å². The van der Waals surface area contributed by atoms with Gasteiger partial charge in [-0.1, -0.05) is 30.3 Å². The summed E-state index contributed by atoms with van der Waals surface area (Å²) in [4.78, 5) is 43.0. The van der Waals surface area contributed by atoms with Gasteiger partial charge in [-0.25, -0.2) is 0 Å². The minimum absolute atomic E-state index is 0.0653. The van der Waals surface area contributed by atoms with Crippen molar-refractivity contribution in [1.82, 2.24) is 9.80 Å². The quantitative estimate of drug-likeness (QED) is 0.295. The number of aryl methyl sites for hydroxylation is 1. The van der Waals surface area contributed by atoms with Crippen molar-refractivity contribution in [1.29, 1.82) is 0 Å². The highest BCUT2D eigenvalue weighted by Crippen LogP contribution is 2.39. The molecule has 2 aliphatic heterocycles. The average Bonchev–Trinajstić information content (AvgIpc) is 3.24. The maximum atomic E-state index is 13.3. The first-order valence-corrected chi connectivity index (χ1v) is 12.0. The van der Waals surface area contributed by atoms with E-state index in [0.29, 0.717) is 43.2 Å². The summed E-state index contributed by atoms with van der Waals surface area (Å²) in [6, 6.07) is 12.5. The number of benzene rings is 2. The van der Waals surface area contributed by atoms with E-state index in [4.69, 9.17) is 14.2 Å². The number of methoxy groups -OCH3 is 3. The smallest absolute Gasteiger partial charge is 0.295 e. The second-order valence-electron chi connectivity index (χ2n) is 8.93. The molecule has 2 saturated heterocycles. The van der Waals surface area contributed by atoms with Crippen LogP contribution in [0.3, 0.4) is 0 Å². The fraction of sp³-hybridized carbons (Fsp3) is 0.444. The Hall–Kier alpha value is -3.55. The zero-order valence-corrected chi connectivity index (χ0v) is 20.5. The van der Waals surface area contributed by atoms with Gasteiger partial charge in [0.2, 0.25) is 11.7 Å². The first kappa shape index (κ1) is 24.6. The standard InChI is InChI=1S/C27H32N2O6/c1-33-22-15-19(16-23(34-2)25(22)35-3)24(30)27(32)29-20-12-13-21(29)26(31)28(17-20)14-8-7-11-18-9-5-4-6-10-18/h4-6,9-10,15-16,20-21H,7-8,11-14,17H2,1-3H3/t20-,21+/m1/s1. The van der Waals surface area contributed by atoms with E-state index in [1.54, 1.807) is 0 Å². The summed E-state index contributed by atoms with van der Waals surface area (Å²) in [5.41, 5.74) is 1.43. The Bertz CT molecular complexity index is 1060. The van der Waals surface area contributed by atoms with Gasteiger partial charge < -0.3 is 24.0 Å². The summed E-state index contributed by atoms with van der Waals surface area (Å²) >= 11 is 0. The average molecular weight is 481 g/mol. The number of carbonyl (C=O) groups is 3. The van der Waals surface area contributed by atoms with Crippen LogP contribution in [0.5, 0.6) is 17.2 Å². The van der Waals surface area contributed by atoms with Crippen LogP contribution in [0.1, 0.15) is 41.6 Å². The van der Waals surface area contributed by atoms with E-state index in [1.165, 1.54) is 43.9 Å². The van der Waals surface area contributed by atoms with Crippen molar-refractivity contribution in [3.05, 3.63) is 53.6 Å². The molecule has 2 aliphatic rings. The number of piperazine rings is 1. The molecule has 0 unspecified atom stereocenters. The predicted octanol–water partition coefficient (Wildman–Crippen LogP) is 3.12.